The second-order valence-electron chi connectivity index (χ2n) is 3.89. The average molecular weight is 222 g/mol. The molecule has 5 nitrogen and oxygen atoms in total. The molecule has 0 saturated carbocycles. The lowest BCUT2D eigenvalue weighted by Gasteiger charge is -2.10. The first-order valence-corrected chi connectivity index (χ1v) is 4.97. The zero-order valence-corrected chi connectivity index (χ0v) is 9.27. The molecule has 0 unspecified atom stereocenters. The minimum Gasteiger partial charge on any atom is -0.423 e. The van der Waals surface area contributed by atoms with Crippen molar-refractivity contribution in [3.05, 3.63) is 23.8 Å². The molecule has 5 N–H and O–H groups in total. The number of anilines is 1. The Balaban J connectivity index is 3.00. The predicted molar refractivity (Wildman–Crippen MR) is 63.3 cm³/mol. The zero-order chi connectivity index (χ0) is 12.3. The van der Waals surface area contributed by atoms with Crippen molar-refractivity contribution in [1.29, 1.82) is 0 Å². The van der Waals surface area contributed by atoms with E-state index in [0.717, 1.165) is 0 Å². The maximum Gasteiger partial charge on any atom is 0.488 e. The van der Waals surface area contributed by atoms with Crippen LogP contribution in [-0.2, 0) is 0 Å². The summed E-state index contributed by atoms with van der Waals surface area (Å²) in [6.45, 7) is 3.68. The van der Waals surface area contributed by atoms with Crippen molar-refractivity contribution >= 4 is 24.2 Å². The molecule has 1 aromatic rings. The van der Waals surface area contributed by atoms with Crippen molar-refractivity contribution < 1.29 is 14.8 Å². The van der Waals surface area contributed by atoms with E-state index >= 15 is 0 Å². The Hall–Kier alpha value is -1.53. The SMILES string of the molecule is CC(C)NC(=O)c1cc(N)cc(B(O)O)c1. The van der Waals surface area contributed by atoms with Crippen molar-refractivity contribution in [2.24, 2.45) is 0 Å². The largest absolute Gasteiger partial charge is 0.488 e. The molecule has 0 fully saturated rings. The average Bonchev–Trinajstić information content (AvgIpc) is 2.15. The van der Waals surface area contributed by atoms with Crippen LogP contribution in [0.25, 0.3) is 0 Å². The molecule has 16 heavy (non-hydrogen) atoms. The highest BCUT2D eigenvalue weighted by atomic mass is 16.4. The summed E-state index contributed by atoms with van der Waals surface area (Å²) in [6.07, 6.45) is 0. The van der Waals surface area contributed by atoms with E-state index < -0.39 is 7.12 Å². The lowest BCUT2D eigenvalue weighted by atomic mass is 9.79. The van der Waals surface area contributed by atoms with Crippen molar-refractivity contribution in [3.63, 3.8) is 0 Å². The van der Waals surface area contributed by atoms with Crippen molar-refractivity contribution in [3.8, 4) is 0 Å². The second-order valence-corrected chi connectivity index (χ2v) is 3.89. The van der Waals surface area contributed by atoms with Crippen LogP contribution >= 0.6 is 0 Å². The maximum absolute atomic E-state index is 11.7. The van der Waals surface area contributed by atoms with Gasteiger partial charge in [0, 0.05) is 17.3 Å². The highest BCUT2D eigenvalue weighted by Gasteiger charge is 2.15. The normalized spacial score (nSPS) is 10.3. The summed E-state index contributed by atoms with van der Waals surface area (Å²) in [5, 5.41) is 20.7. The molecule has 1 rings (SSSR count). The third-order valence-electron chi connectivity index (χ3n) is 1.96. The van der Waals surface area contributed by atoms with Crippen LogP contribution < -0.4 is 16.5 Å². The van der Waals surface area contributed by atoms with E-state index in [1.807, 2.05) is 13.8 Å². The molecule has 0 radical (unpaired) electrons. The predicted octanol–water partition coefficient (Wildman–Crippen LogP) is -0.913. The highest BCUT2D eigenvalue weighted by Crippen LogP contribution is 2.05. The van der Waals surface area contributed by atoms with Crippen molar-refractivity contribution in [1.82, 2.24) is 5.32 Å². The van der Waals surface area contributed by atoms with E-state index in [1.165, 1.54) is 18.2 Å². The summed E-state index contributed by atoms with van der Waals surface area (Å²) >= 11 is 0. The van der Waals surface area contributed by atoms with E-state index in [1.54, 1.807) is 0 Å². The third kappa shape index (κ3) is 3.25. The fraction of sp³-hybridized carbons (Fsp3) is 0.300. The molecule has 0 aliphatic heterocycles. The standard InChI is InChI=1S/C10H15BN2O3/c1-6(2)13-10(14)7-3-8(11(15)16)5-9(12)4-7/h3-6,15-16H,12H2,1-2H3,(H,13,14). The van der Waals surface area contributed by atoms with Gasteiger partial charge in [0.1, 0.15) is 0 Å². The maximum atomic E-state index is 11.7. The molecule has 86 valence electrons. The van der Waals surface area contributed by atoms with Gasteiger partial charge in [0.05, 0.1) is 0 Å². The zero-order valence-electron chi connectivity index (χ0n) is 9.27. The Kier molecular flexibility index (Phi) is 3.92. The quantitative estimate of drug-likeness (QED) is 0.393. The fourth-order valence-electron chi connectivity index (χ4n) is 1.30. The van der Waals surface area contributed by atoms with Gasteiger partial charge in [0.15, 0.2) is 0 Å². The number of nitrogens with two attached hydrogens (primary N) is 1. The number of hydrogen-bond acceptors (Lipinski definition) is 4. The molecular weight excluding hydrogens is 207 g/mol. The lowest BCUT2D eigenvalue weighted by molar-refractivity contribution is 0.0943. The summed E-state index contributed by atoms with van der Waals surface area (Å²) in [5.74, 6) is -0.288. The van der Waals surface area contributed by atoms with Gasteiger partial charge in [-0.1, -0.05) is 0 Å². The van der Waals surface area contributed by atoms with Crippen molar-refractivity contribution in [2.45, 2.75) is 19.9 Å². The number of amides is 1. The molecule has 0 aromatic heterocycles. The summed E-state index contributed by atoms with van der Waals surface area (Å²) in [5.41, 5.74) is 6.40. The Morgan fingerprint density at radius 3 is 2.50 bits per heavy atom. The number of hydrogen-bond donors (Lipinski definition) is 4. The van der Waals surface area contributed by atoms with Gasteiger partial charge in [-0.05, 0) is 37.5 Å². The monoisotopic (exact) mass is 222 g/mol. The van der Waals surface area contributed by atoms with E-state index in [9.17, 15) is 4.79 Å². The van der Waals surface area contributed by atoms with Crippen LogP contribution in [0, 0.1) is 0 Å². The minimum atomic E-state index is -1.63. The first-order chi connectivity index (χ1) is 7.40. The molecular formula is C10H15BN2O3. The van der Waals surface area contributed by atoms with Gasteiger partial charge >= 0.3 is 7.12 Å². The Labute approximate surface area is 94.4 Å². The molecule has 0 saturated heterocycles. The van der Waals surface area contributed by atoms with Crippen molar-refractivity contribution in [2.75, 3.05) is 5.73 Å². The van der Waals surface area contributed by atoms with Crippen LogP contribution in [-0.4, -0.2) is 29.1 Å². The van der Waals surface area contributed by atoms with E-state index in [4.69, 9.17) is 15.8 Å². The first kappa shape index (κ1) is 12.5. The van der Waals surface area contributed by atoms with Crippen LogP contribution in [0.3, 0.4) is 0 Å². The second kappa shape index (κ2) is 5.00. The van der Waals surface area contributed by atoms with Crippen LogP contribution in [0.1, 0.15) is 24.2 Å². The van der Waals surface area contributed by atoms with Gasteiger partial charge < -0.3 is 21.1 Å². The number of carbonyl (C=O) groups excluding carboxylic acids is 1. The summed E-state index contributed by atoms with van der Waals surface area (Å²) in [4.78, 5) is 11.7. The molecule has 0 atom stereocenters. The van der Waals surface area contributed by atoms with Gasteiger partial charge in [-0.3, -0.25) is 4.79 Å². The molecule has 1 amide bonds. The van der Waals surface area contributed by atoms with E-state index in [-0.39, 0.29) is 17.4 Å². The number of rotatable bonds is 3. The minimum absolute atomic E-state index is 0.0106. The van der Waals surface area contributed by atoms with E-state index in [0.29, 0.717) is 11.3 Å². The molecule has 0 aliphatic carbocycles. The third-order valence-corrected chi connectivity index (χ3v) is 1.96. The summed E-state index contributed by atoms with van der Waals surface area (Å²) < 4.78 is 0. The molecule has 0 aliphatic rings. The van der Waals surface area contributed by atoms with Gasteiger partial charge in [0.25, 0.3) is 5.91 Å². The van der Waals surface area contributed by atoms with E-state index in [2.05, 4.69) is 5.32 Å². The Morgan fingerprint density at radius 2 is 2.00 bits per heavy atom. The summed E-state index contributed by atoms with van der Waals surface area (Å²) in [6, 6.07) is 4.32. The number of nitrogens with one attached hydrogen (secondary N) is 1. The number of carbonyl (C=O) groups is 1. The van der Waals surface area contributed by atoms with Crippen LogP contribution in [0.15, 0.2) is 18.2 Å². The topological polar surface area (TPSA) is 95.6 Å². The van der Waals surface area contributed by atoms with Gasteiger partial charge in [-0.2, -0.15) is 0 Å². The molecule has 1 aromatic carbocycles. The Bertz CT molecular complexity index is 394. The smallest absolute Gasteiger partial charge is 0.423 e. The summed E-state index contributed by atoms with van der Waals surface area (Å²) in [7, 11) is -1.63. The van der Waals surface area contributed by atoms with Gasteiger partial charge in [-0.15, -0.1) is 0 Å². The fourth-order valence-corrected chi connectivity index (χ4v) is 1.30. The molecule has 6 heteroatoms. The van der Waals surface area contributed by atoms with Gasteiger partial charge in [0.2, 0.25) is 0 Å². The highest BCUT2D eigenvalue weighted by molar-refractivity contribution is 6.58. The lowest BCUT2D eigenvalue weighted by Crippen LogP contribution is -2.34. The molecule has 0 spiro atoms. The van der Waals surface area contributed by atoms with Gasteiger partial charge in [-0.25, -0.2) is 0 Å². The molecule has 0 heterocycles. The van der Waals surface area contributed by atoms with Crippen LogP contribution in [0.2, 0.25) is 0 Å². The number of benzene rings is 1. The molecule has 0 bridgehead atoms. The Morgan fingerprint density at radius 1 is 1.38 bits per heavy atom. The van der Waals surface area contributed by atoms with Crippen LogP contribution in [0.5, 0.6) is 0 Å². The first-order valence-electron chi connectivity index (χ1n) is 4.97. The number of nitrogen functional groups attached to an aromatic ring is 1. The van der Waals surface area contributed by atoms with Crippen LogP contribution in [0.4, 0.5) is 5.69 Å².